The summed E-state index contributed by atoms with van der Waals surface area (Å²) >= 11 is 0. The molecule has 0 unspecified atom stereocenters. The molecule has 0 bridgehead atoms. The van der Waals surface area contributed by atoms with Crippen molar-refractivity contribution in [2.45, 2.75) is 38.3 Å². The first kappa shape index (κ1) is 15.9. The number of hydrogen-bond donors (Lipinski definition) is 1. The van der Waals surface area contributed by atoms with Gasteiger partial charge in [0.15, 0.2) is 0 Å². The summed E-state index contributed by atoms with van der Waals surface area (Å²) in [6.07, 6.45) is 5.53. The SMILES string of the molecule is c1ccc(COc2ccc(OCC[NH2+]C3CCCC3)cc2)cc1. The average molecular weight is 312 g/mol. The third-order valence-corrected chi connectivity index (χ3v) is 4.36. The van der Waals surface area contributed by atoms with Gasteiger partial charge in [-0.2, -0.15) is 0 Å². The van der Waals surface area contributed by atoms with Gasteiger partial charge in [-0.25, -0.2) is 0 Å². The molecule has 0 spiro atoms. The van der Waals surface area contributed by atoms with Crippen molar-refractivity contribution in [3.63, 3.8) is 0 Å². The highest BCUT2D eigenvalue weighted by molar-refractivity contribution is 5.31. The van der Waals surface area contributed by atoms with Crippen molar-refractivity contribution in [1.29, 1.82) is 0 Å². The molecular formula is C20H26NO2+. The first-order valence-corrected chi connectivity index (χ1v) is 8.63. The maximum absolute atomic E-state index is 5.80. The summed E-state index contributed by atoms with van der Waals surface area (Å²) in [5.41, 5.74) is 1.18. The van der Waals surface area contributed by atoms with E-state index in [1.54, 1.807) is 0 Å². The molecule has 23 heavy (non-hydrogen) atoms. The molecule has 3 heteroatoms. The molecule has 0 atom stereocenters. The lowest BCUT2D eigenvalue weighted by Gasteiger charge is -2.10. The summed E-state index contributed by atoms with van der Waals surface area (Å²) in [6, 6.07) is 18.9. The van der Waals surface area contributed by atoms with Crippen molar-refractivity contribution in [3.05, 3.63) is 60.2 Å². The Morgan fingerprint density at radius 2 is 1.48 bits per heavy atom. The van der Waals surface area contributed by atoms with E-state index in [0.717, 1.165) is 30.7 Å². The Morgan fingerprint density at radius 3 is 2.17 bits per heavy atom. The fourth-order valence-electron chi connectivity index (χ4n) is 3.05. The molecule has 3 rings (SSSR count). The van der Waals surface area contributed by atoms with Crippen molar-refractivity contribution >= 4 is 0 Å². The molecule has 0 heterocycles. The molecule has 2 aromatic carbocycles. The zero-order valence-electron chi connectivity index (χ0n) is 13.6. The van der Waals surface area contributed by atoms with E-state index in [-0.39, 0.29) is 0 Å². The number of benzene rings is 2. The molecule has 1 aliphatic rings. The summed E-state index contributed by atoms with van der Waals surface area (Å²) in [4.78, 5) is 0. The van der Waals surface area contributed by atoms with Crippen LogP contribution < -0.4 is 14.8 Å². The van der Waals surface area contributed by atoms with Gasteiger partial charge in [0.2, 0.25) is 0 Å². The lowest BCUT2D eigenvalue weighted by molar-refractivity contribution is -0.688. The van der Waals surface area contributed by atoms with E-state index < -0.39 is 0 Å². The molecule has 2 N–H and O–H groups in total. The predicted octanol–water partition coefficient (Wildman–Crippen LogP) is 3.15. The van der Waals surface area contributed by atoms with Gasteiger partial charge in [-0.3, -0.25) is 0 Å². The molecular weight excluding hydrogens is 286 g/mol. The molecule has 3 nitrogen and oxygen atoms in total. The Kier molecular flexibility index (Phi) is 5.93. The molecule has 0 aromatic heterocycles. The molecule has 0 radical (unpaired) electrons. The summed E-state index contributed by atoms with van der Waals surface area (Å²) < 4.78 is 11.6. The van der Waals surface area contributed by atoms with Crippen molar-refractivity contribution < 1.29 is 14.8 Å². The maximum atomic E-state index is 5.80. The van der Waals surface area contributed by atoms with Gasteiger partial charge in [-0.1, -0.05) is 30.3 Å². The molecule has 0 saturated heterocycles. The van der Waals surface area contributed by atoms with Crippen LogP contribution in [-0.2, 0) is 6.61 Å². The van der Waals surface area contributed by atoms with Gasteiger partial charge in [0.1, 0.15) is 31.3 Å². The van der Waals surface area contributed by atoms with E-state index in [9.17, 15) is 0 Å². The number of rotatable bonds is 8. The summed E-state index contributed by atoms with van der Waals surface area (Å²) in [5.74, 6) is 1.79. The van der Waals surface area contributed by atoms with E-state index in [0.29, 0.717) is 6.61 Å². The summed E-state index contributed by atoms with van der Waals surface area (Å²) in [6.45, 7) is 2.40. The Balaban J connectivity index is 1.36. The van der Waals surface area contributed by atoms with Crippen molar-refractivity contribution in [2.75, 3.05) is 13.2 Å². The molecule has 2 aromatic rings. The standard InChI is InChI=1S/C20H25NO2/c1-2-6-17(7-3-1)16-23-20-12-10-19(11-13-20)22-15-14-21-18-8-4-5-9-18/h1-3,6-7,10-13,18,21H,4-5,8-9,14-16H2/p+1. The highest BCUT2D eigenvalue weighted by atomic mass is 16.5. The van der Waals surface area contributed by atoms with Gasteiger partial charge < -0.3 is 14.8 Å². The second kappa shape index (κ2) is 8.59. The van der Waals surface area contributed by atoms with Gasteiger partial charge in [-0.05, 0) is 55.5 Å². The fraction of sp³-hybridized carbons (Fsp3) is 0.400. The normalized spacial score (nSPS) is 14.8. The van der Waals surface area contributed by atoms with Crippen LogP contribution in [0.5, 0.6) is 11.5 Å². The van der Waals surface area contributed by atoms with Gasteiger partial charge in [0, 0.05) is 0 Å². The zero-order chi connectivity index (χ0) is 15.7. The third kappa shape index (κ3) is 5.29. The van der Waals surface area contributed by atoms with Gasteiger partial charge >= 0.3 is 0 Å². The number of hydrogen-bond acceptors (Lipinski definition) is 2. The minimum atomic E-state index is 0.595. The lowest BCUT2D eigenvalue weighted by atomic mass is 10.2. The van der Waals surface area contributed by atoms with Crippen LogP contribution in [0.3, 0.4) is 0 Å². The Hall–Kier alpha value is -2.00. The smallest absolute Gasteiger partial charge is 0.137 e. The molecule has 1 aliphatic carbocycles. The quantitative estimate of drug-likeness (QED) is 0.760. The molecule has 122 valence electrons. The highest BCUT2D eigenvalue weighted by Crippen LogP contribution is 2.18. The monoisotopic (exact) mass is 312 g/mol. The average Bonchev–Trinajstić information content (AvgIpc) is 3.12. The summed E-state index contributed by atoms with van der Waals surface area (Å²) in [7, 11) is 0. The second-order valence-corrected chi connectivity index (χ2v) is 6.16. The number of quaternary nitrogens is 1. The predicted molar refractivity (Wildman–Crippen MR) is 91.8 cm³/mol. The van der Waals surface area contributed by atoms with Crippen LogP contribution in [0.4, 0.5) is 0 Å². The van der Waals surface area contributed by atoms with Crippen LogP contribution in [0.1, 0.15) is 31.2 Å². The Morgan fingerprint density at radius 1 is 0.826 bits per heavy atom. The number of nitrogens with two attached hydrogens (primary N) is 1. The minimum absolute atomic E-state index is 0.595. The topological polar surface area (TPSA) is 35.1 Å². The van der Waals surface area contributed by atoms with E-state index in [1.165, 1.54) is 31.2 Å². The Labute approximate surface area is 138 Å². The van der Waals surface area contributed by atoms with E-state index >= 15 is 0 Å². The van der Waals surface area contributed by atoms with E-state index in [2.05, 4.69) is 17.4 Å². The van der Waals surface area contributed by atoms with Gasteiger partial charge in [-0.15, -0.1) is 0 Å². The van der Waals surface area contributed by atoms with Crippen LogP contribution in [-0.4, -0.2) is 19.2 Å². The fourth-order valence-corrected chi connectivity index (χ4v) is 3.05. The van der Waals surface area contributed by atoms with Crippen molar-refractivity contribution in [3.8, 4) is 11.5 Å². The molecule has 0 aliphatic heterocycles. The van der Waals surface area contributed by atoms with Crippen molar-refractivity contribution in [2.24, 2.45) is 0 Å². The first-order chi connectivity index (χ1) is 11.4. The van der Waals surface area contributed by atoms with Gasteiger partial charge in [0.25, 0.3) is 0 Å². The third-order valence-electron chi connectivity index (χ3n) is 4.36. The minimum Gasteiger partial charge on any atom is -0.489 e. The molecule has 1 fully saturated rings. The van der Waals surface area contributed by atoms with E-state index in [4.69, 9.17) is 9.47 Å². The first-order valence-electron chi connectivity index (χ1n) is 8.63. The number of ether oxygens (including phenoxy) is 2. The maximum Gasteiger partial charge on any atom is 0.137 e. The van der Waals surface area contributed by atoms with Crippen LogP contribution in [0, 0.1) is 0 Å². The van der Waals surface area contributed by atoms with Gasteiger partial charge in [0.05, 0.1) is 6.04 Å². The lowest BCUT2D eigenvalue weighted by Crippen LogP contribution is -2.90. The van der Waals surface area contributed by atoms with Crippen LogP contribution in [0.2, 0.25) is 0 Å². The van der Waals surface area contributed by atoms with Crippen LogP contribution in [0.15, 0.2) is 54.6 Å². The van der Waals surface area contributed by atoms with E-state index in [1.807, 2.05) is 42.5 Å². The largest absolute Gasteiger partial charge is 0.489 e. The molecule has 0 amide bonds. The van der Waals surface area contributed by atoms with Crippen molar-refractivity contribution in [1.82, 2.24) is 0 Å². The van der Waals surface area contributed by atoms with Crippen LogP contribution >= 0.6 is 0 Å². The van der Waals surface area contributed by atoms with Crippen LogP contribution in [0.25, 0.3) is 0 Å². The summed E-state index contributed by atoms with van der Waals surface area (Å²) in [5, 5.41) is 2.43. The Bertz CT molecular complexity index is 562. The highest BCUT2D eigenvalue weighted by Gasteiger charge is 2.16. The molecule has 1 saturated carbocycles. The zero-order valence-corrected chi connectivity index (χ0v) is 13.6. The second-order valence-electron chi connectivity index (χ2n) is 6.16.